The van der Waals surface area contributed by atoms with E-state index in [1.54, 1.807) is 0 Å². The molecule has 3 heteroatoms. The lowest BCUT2D eigenvalue weighted by atomic mass is 9.46. The molecular formula is C20H26O3. The largest absolute Gasteiger partial charge is 0.393 e. The van der Waals surface area contributed by atoms with Gasteiger partial charge < -0.3 is 5.11 Å². The molecule has 0 aromatic rings. The first-order chi connectivity index (χ1) is 10.9. The summed E-state index contributed by atoms with van der Waals surface area (Å²) in [4.78, 5) is 24.6. The Balaban J connectivity index is 1.59. The van der Waals surface area contributed by atoms with Crippen LogP contribution in [0.1, 0.15) is 52.4 Å². The summed E-state index contributed by atoms with van der Waals surface area (Å²) in [5.74, 6) is 2.76. The highest BCUT2D eigenvalue weighted by Gasteiger charge is 2.71. The Bertz CT molecular complexity index is 649. The molecular weight excluding hydrogens is 288 g/mol. The van der Waals surface area contributed by atoms with Crippen molar-refractivity contribution in [2.45, 2.75) is 58.5 Å². The molecule has 0 bridgehead atoms. The lowest BCUT2D eigenvalue weighted by molar-refractivity contribution is -0.152. The third-order valence-electron chi connectivity index (χ3n) is 8.35. The van der Waals surface area contributed by atoms with E-state index in [1.165, 1.54) is 5.57 Å². The van der Waals surface area contributed by atoms with Gasteiger partial charge in [-0.15, -0.1) is 0 Å². The van der Waals surface area contributed by atoms with Gasteiger partial charge in [0.1, 0.15) is 5.78 Å². The van der Waals surface area contributed by atoms with Crippen LogP contribution >= 0.6 is 0 Å². The minimum Gasteiger partial charge on any atom is -0.393 e. The van der Waals surface area contributed by atoms with E-state index < -0.39 is 6.10 Å². The molecule has 0 saturated heterocycles. The fourth-order valence-corrected chi connectivity index (χ4v) is 7.36. The first kappa shape index (κ1) is 14.4. The van der Waals surface area contributed by atoms with Crippen molar-refractivity contribution in [2.75, 3.05) is 0 Å². The first-order valence-electron chi connectivity index (χ1n) is 9.32. The van der Waals surface area contributed by atoms with Gasteiger partial charge in [-0.2, -0.15) is 0 Å². The monoisotopic (exact) mass is 314 g/mol. The molecule has 5 rings (SSSR count). The lowest BCUT2D eigenvalue weighted by Crippen LogP contribution is -2.57. The minimum absolute atomic E-state index is 0.0341. The predicted octanol–water partition coefficient (Wildman–Crippen LogP) is 2.91. The fraction of sp³-hybridized carbons (Fsp3) is 0.800. The quantitative estimate of drug-likeness (QED) is 0.748. The second-order valence-electron chi connectivity index (χ2n) is 9.37. The summed E-state index contributed by atoms with van der Waals surface area (Å²) in [6, 6.07) is 0. The van der Waals surface area contributed by atoms with Crippen LogP contribution in [-0.4, -0.2) is 22.8 Å². The first-order valence-corrected chi connectivity index (χ1v) is 9.32. The molecule has 0 aromatic carbocycles. The standard InChI is InChI=1S/C20H26O3/c1-19-6-5-11(21)7-10(19)3-4-12-16-13-8-14(13)18(23)20(16,2)9-15(22)17(12)19/h7,12-17,22H,3-6,8-9H2,1-2H3/t12?,13-,14+,15?,16?,17?,19+,20+/m1/s1. The Hall–Kier alpha value is -0.960. The van der Waals surface area contributed by atoms with Crippen LogP contribution in [0.5, 0.6) is 0 Å². The van der Waals surface area contributed by atoms with Crippen LogP contribution in [-0.2, 0) is 9.59 Å². The number of carbonyl (C=O) groups is 2. The second kappa shape index (κ2) is 4.17. The number of fused-ring (bicyclic) bond motifs is 7. The van der Waals surface area contributed by atoms with Gasteiger partial charge in [-0.1, -0.05) is 19.4 Å². The molecule has 8 atom stereocenters. The minimum atomic E-state index is -0.399. The molecule has 0 heterocycles. The maximum atomic E-state index is 12.8. The van der Waals surface area contributed by atoms with Crippen LogP contribution in [0.25, 0.3) is 0 Å². The van der Waals surface area contributed by atoms with Crippen LogP contribution in [0.4, 0.5) is 0 Å². The van der Waals surface area contributed by atoms with Gasteiger partial charge in [-0.25, -0.2) is 0 Å². The highest BCUT2D eigenvalue weighted by Crippen LogP contribution is 2.71. The number of hydrogen-bond acceptors (Lipinski definition) is 3. The Labute approximate surface area is 137 Å². The molecule has 0 radical (unpaired) electrons. The van der Waals surface area contributed by atoms with Gasteiger partial charge in [0.25, 0.3) is 0 Å². The van der Waals surface area contributed by atoms with E-state index in [0.29, 0.717) is 42.3 Å². The SMILES string of the molecule is C[C@]12CCC(=O)C=C1CCC1C2C(O)C[C@]2(C)C(=O)[C@H]3C[C@H]3C12. The van der Waals surface area contributed by atoms with Crippen LogP contribution in [0, 0.1) is 40.4 Å². The summed E-state index contributed by atoms with van der Waals surface area (Å²) in [7, 11) is 0. The van der Waals surface area contributed by atoms with Crippen molar-refractivity contribution in [3.8, 4) is 0 Å². The summed E-state index contributed by atoms with van der Waals surface area (Å²) >= 11 is 0. The number of rotatable bonds is 0. The molecule has 23 heavy (non-hydrogen) atoms. The molecule has 0 spiro atoms. The van der Waals surface area contributed by atoms with E-state index in [4.69, 9.17) is 0 Å². The molecule has 0 aromatic heterocycles. The van der Waals surface area contributed by atoms with Crippen LogP contribution < -0.4 is 0 Å². The summed E-state index contributed by atoms with van der Waals surface area (Å²) in [6.07, 6.45) is 6.73. The van der Waals surface area contributed by atoms with Gasteiger partial charge >= 0.3 is 0 Å². The number of hydrogen-bond donors (Lipinski definition) is 1. The summed E-state index contributed by atoms with van der Waals surface area (Å²) in [5.41, 5.74) is 0.957. The Morgan fingerprint density at radius 3 is 2.65 bits per heavy atom. The predicted molar refractivity (Wildman–Crippen MR) is 85.5 cm³/mol. The summed E-state index contributed by atoms with van der Waals surface area (Å²) < 4.78 is 0. The fourth-order valence-electron chi connectivity index (χ4n) is 7.36. The highest BCUT2D eigenvalue weighted by atomic mass is 16.3. The maximum absolute atomic E-state index is 12.8. The van der Waals surface area contributed by atoms with Gasteiger partial charge in [0.2, 0.25) is 0 Å². The molecule has 4 unspecified atom stereocenters. The van der Waals surface area contributed by atoms with Crippen LogP contribution in [0.3, 0.4) is 0 Å². The number of carbonyl (C=O) groups excluding carboxylic acids is 2. The van der Waals surface area contributed by atoms with E-state index in [9.17, 15) is 14.7 Å². The molecule has 5 aliphatic rings. The van der Waals surface area contributed by atoms with Crippen molar-refractivity contribution in [1.29, 1.82) is 0 Å². The zero-order valence-corrected chi connectivity index (χ0v) is 14.0. The molecule has 5 aliphatic carbocycles. The Morgan fingerprint density at radius 1 is 1.09 bits per heavy atom. The molecule has 4 saturated carbocycles. The molecule has 0 amide bonds. The number of aliphatic hydroxyl groups is 1. The molecule has 1 N–H and O–H groups in total. The van der Waals surface area contributed by atoms with Crippen LogP contribution in [0.2, 0.25) is 0 Å². The van der Waals surface area contributed by atoms with Crippen molar-refractivity contribution in [3.63, 3.8) is 0 Å². The van der Waals surface area contributed by atoms with E-state index in [-0.39, 0.29) is 22.5 Å². The van der Waals surface area contributed by atoms with E-state index in [2.05, 4.69) is 13.8 Å². The zero-order chi connectivity index (χ0) is 16.1. The molecule has 3 nitrogen and oxygen atoms in total. The van der Waals surface area contributed by atoms with Crippen molar-refractivity contribution < 1.29 is 14.7 Å². The number of allylic oxidation sites excluding steroid dienone is 1. The number of Topliss-reactive ketones (excluding diaryl/α,β-unsaturated/α-hetero) is 1. The van der Waals surface area contributed by atoms with Gasteiger partial charge in [-0.3, -0.25) is 9.59 Å². The van der Waals surface area contributed by atoms with Crippen molar-refractivity contribution in [2.24, 2.45) is 40.4 Å². The number of ketones is 2. The normalized spacial score (nSPS) is 57.1. The topological polar surface area (TPSA) is 54.4 Å². The summed E-state index contributed by atoms with van der Waals surface area (Å²) in [6.45, 7) is 4.40. The van der Waals surface area contributed by atoms with Crippen molar-refractivity contribution in [1.82, 2.24) is 0 Å². The maximum Gasteiger partial charge on any atom is 0.155 e. The van der Waals surface area contributed by atoms with Gasteiger partial charge in [-0.05, 0) is 67.3 Å². The highest BCUT2D eigenvalue weighted by molar-refractivity contribution is 5.93. The zero-order valence-electron chi connectivity index (χ0n) is 14.0. The Kier molecular flexibility index (Phi) is 2.61. The van der Waals surface area contributed by atoms with E-state index in [1.807, 2.05) is 6.08 Å². The van der Waals surface area contributed by atoms with Crippen molar-refractivity contribution in [3.05, 3.63) is 11.6 Å². The molecule has 0 aliphatic heterocycles. The third-order valence-corrected chi connectivity index (χ3v) is 8.35. The average molecular weight is 314 g/mol. The van der Waals surface area contributed by atoms with Gasteiger partial charge in [0.15, 0.2) is 5.78 Å². The van der Waals surface area contributed by atoms with E-state index >= 15 is 0 Å². The third kappa shape index (κ3) is 1.60. The van der Waals surface area contributed by atoms with Crippen LogP contribution in [0.15, 0.2) is 11.6 Å². The Morgan fingerprint density at radius 2 is 1.87 bits per heavy atom. The lowest BCUT2D eigenvalue weighted by Gasteiger charge is -2.59. The van der Waals surface area contributed by atoms with Gasteiger partial charge in [0, 0.05) is 17.8 Å². The second-order valence-corrected chi connectivity index (χ2v) is 9.37. The van der Waals surface area contributed by atoms with Crippen molar-refractivity contribution >= 4 is 11.6 Å². The molecule has 124 valence electrons. The average Bonchev–Trinajstić information content (AvgIpc) is 3.22. The smallest absolute Gasteiger partial charge is 0.155 e. The number of aliphatic hydroxyl groups excluding tert-OH is 1. The van der Waals surface area contributed by atoms with E-state index in [0.717, 1.165) is 25.7 Å². The summed E-state index contributed by atoms with van der Waals surface area (Å²) in [5, 5.41) is 11.0. The molecule has 4 fully saturated rings. The van der Waals surface area contributed by atoms with Gasteiger partial charge in [0.05, 0.1) is 6.10 Å².